The van der Waals surface area contributed by atoms with E-state index in [0.29, 0.717) is 17.9 Å². The average Bonchev–Trinajstić information content (AvgIpc) is 2.33. The predicted molar refractivity (Wildman–Crippen MR) is 63.2 cm³/mol. The fourth-order valence-corrected chi connectivity index (χ4v) is 1.80. The number of carbonyl (C=O) groups is 1. The zero-order chi connectivity index (χ0) is 11.5. The van der Waals surface area contributed by atoms with Crippen LogP contribution in [0.1, 0.15) is 28.8 Å². The van der Waals surface area contributed by atoms with Crippen LogP contribution in [0.3, 0.4) is 0 Å². The Hall–Kier alpha value is -1.77. The molecule has 0 spiro atoms. The van der Waals surface area contributed by atoms with E-state index in [1.807, 2.05) is 13.0 Å². The van der Waals surface area contributed by atoms with Crippen LogP contribution >= 0.6 is 0 Å². The lowest BCUT2D eigenvalue weighted by molar-refractivity contribution is 0.101. The number of nitrogen functional groups attached to an aromatic ring is 1. The van der Waals surface area contributed by atoms with Gasteiger partial charge < -0.3 is 10.5 Å². The van der Waals surface area contributed by atoms with Crippen molar-refractivity contribution < 1.29 is 9.53 Å². The Labute approximate surface area is 94.9 Å². The Morgan fingerprint density at radius 3 is 2.94 bits per heavy atom. The van der Waals surface area contributed by atoms with Crippen LogP contribution in [-0.2, 0) is 4.74 Å². The third kappa shape index (κ3) is 1.94. The van der Waals surface area contributed by atoms with E-state index in [4.69, 9.17) is 10.5 Å². The predicted octanol–water partition coefficient (Wildman–Crippen LogP) is 2.45. The van der Waals surface area contributed by atoms with Crippen LogP contribution in [0.15, 0.2) is 30.0 Å². The van der Waals surface area contributed by atoms with E-state index in [1.165, 1.54) is 0 Å². The fourth-order valence-electron chi connectivity index (χ4n) is 1.80. The van der Waals surface area contributed by atoms with Gasteiger partial charge in [-0.25, -0.2) is 0 Å². The SMILES string of the molecule is Cc1c(N)cccc1C(=O)C1=COCCC1. The molecule has 0 atom stereocenters. The molecule has 2 N–H and O–H groups in total. The molecule has 1 aliphatic rings. The maximum absolute atomic E-state index is 12.2. The van der Waals surface area contributed by atoms with Gasteiger partial charge in [-0.15, -0.1) is 0 Å². The molecule has 1 heterocycles. The maximum atomic E-state index is 12.2. The summed E-state index contributed by atoms with van der Waals surface area (Å²) in [6, 6.07) is 5.42. The van der Waals surface area contributed by atoms with Crippen LogP contribution in [0, 0.1) is 6.92 Å². The van der Waals surface area contributed by atoms with Gasteiger partial charge in [-0.1, -0.05) is 12.1 Å². The van der Waals surface area contributed by atoms with E-state index in [-0.39, 0.29) is 5.78 Å². The largest absolute Gasteiger partial charge is 0.501 e. The first-order valence-corrected chi connectivity index (χ1v) is 5.40. The van der Waals surface area contributed by atoms with Gasteiger partial charge in [-0.3, -0.25) is 4.79 Å². The van der Waals surface area contributed by atoms with E-state index in [1.54, 1.807) is 18.4 Å². The number of carbonyl (C=O) groups excluding carboxylic acids is 1. The first-order valence-electron chi connectivity index (χ1n) is 5.40. The second kappa shape index (κ2) is 4.39. The molecule has 3 heteroatoms. The van der Waals surface area contributed by atoms with Crippen molar-refractivity contribution in [1.29, 1.82) is 0 Å². The number of anilines is 1. The molecule has 0 radical (unpaired) electrons. The minimum Gasteiger partial charge on any atom is -0.501 e. The smallest absolute Gasteiger partial charge is 0.192 e. The van der Waals surface area contributed by atoms with Gasteiger partial charge in [0, 0.05) is 16.8 Å². The Bertz CT molecular complexity index is 449. The average molecular weight is 217 g/mol. The molecule has 2 rings (SSSR count). The van der Waals surface area contributed by atoms with Crippen LogP contribution in [0.5, 0.6) is 0 Å². The van der Waals surface area contributed by atoms with Gasteiger partial charge in [0.05, 0.1) is 12.9 Å². The van der Waals surface area contributed by atoms with Crippen LogP contribution in [-0.4, -0.2) is 12.4 Å². The highest BCUT2D eigenvalue weighted by Crippen LogP contribution is 2.22. The first kappa shape index (κ1) is 10.7. The van der Waals surface area contributed by atoms with Gasteiger partial charge >= 0.3 is 0 Å². The van der Waals surface area contributed by atoms with Crippen molar-refractivity contribution in [3.05, 3.63) is 41.2 Å². The minimum absolute atomic E-state index is 0.0319. The number of benzene rings is 1. The number of hydrogen-bond acceptors (Lipinski definition) is 3. The molecule has 0 aromatic heterocycles. The highest BCUT2D eigenvalue weighted by atomic mass is 16.5. The number of allylic oxidation sites excluding steroid dienone is 1. The van der Waals surface area contributed by atoms with Crippen molar-refractivity contribution in [2.75, 3.05) is 12.3 Å². The summed E-state index contributed by atoms with van der Waals surface area (Å²) >= 11 is 0. The van der Waals surface area contributed by atoms with E-state index in [2.05, 4.69) is 0 Å². The van der Waals surface area contributed by atoms with Crippen molar-refractivity contribution in [1.82, 2.24) is 0 Å². The zero-order valence-electron chi connectivity index (χ0n) is 9.32. The molecule has 0 aliphatic carbocycles. The molecule has 1 aromatic rings. The number of ketones is 1. The number of hydrogen-bond donors (Lipinski definition) is 1. The van der Waals surface area contributed by atoms with Gasteiger partial charge in [0.25, 0.3) is 0 Å². The van der Waals surface area contributed by atoms with Crippen molar-refractivity contribution >= 4 is 11.5 Å². The summed E-state index contributed by atoms with van der Waals surface area (Å²) in [6.07, 6.45) is 3.26. The first-order chi connectivity index (χ1) is 7.70. The van der Waals surface area contributed by atoms with E-state index in [9.17, 15) is 4.79 Å². The van der Waals surface area contributed by atoms with E-state index >= 15 is 0 Å². The van der Waals surface area contributed by atoms with Crippen LogP contribution in [0.2, 0.25) is 0 Å². The molecular weight excluding hydrogens is 202 g/mol. The van der Waals surface area contributed by atoms with Gasteiger partial charge in [0.15, 0.2) is 5.78 Å². The number of rotatable bonds is 2. The molecule has 1 aliphatic heterocycles. The van der Waals surface area contributed by atoms with Gasteiger partial charge in [0.1, 0.15) is 0 Å². The number of Topliss-reactive ketones (excluding diaryl/α,β-unsaturated/α-hetero) is 1. The third-order valence-electron chi connectivity index (χ3n) is 2.85. The van der Waals surface area contributed by atoms with Gasteiger partial charge in [-0.2, -0.15) is 0 Å². The second-order valence-electron chi connectivity index (χ2n) is 3.97. The Morgan fingerprint density at radius 2 is 2.25 bits per heavy atom. The van der Waals surface area contributed by atoms with Crippen LogP contribution < -0.4 is 5.73 Å². The molecule has 0 fully saturated rings. The second-order valence-corrected chi connectivity index (χ2v) is 3.97. The lowest BCUT2D eigenvalue weighted by atomic mass is 9.96. The Kier molecular flexibility index (Phi) is 2.95. The molecule has 0 saturated carbocycles. The summed E-state index contributed by atoms with van der Waals surface area (Å²) < 4.78 is 5.18. The van der Waals surface area contributed by atoms with Crippen LogP contribution in [0.25, 0.3) is 0 Å². The van der Waals surface area contributed by atoms with Crippen molar-refractivity contribution in [3.8, 4) is 0 Å². The van der Waals surface area contributed by atoms with E-state index < -0.39 is 0 Å². The lowest BCUT2D eigenvalue weighted by Crippen LogP contribution is -2.11. The quantitative estimate of drug-likeness (QED) is 0.611. The van der Waals surface area contributed by atoms with Gasteiger partial charge in [-0.05, 0) is 31.4 Å². The molecule has 0 amide bonds. The summed E-state index contributed by atoms with van der Waals surface area (Å²) in [7, 11) is 0. The zero-order valence-corrected chi connectivity index (χ0v) is 9.32. The molecular formula is C13H15NO2. The van der Waals surface area contributed by atoms with Crippen molar-refractivity contribution in [2.24, 2.45) is 0 Å². The molecule has 16 heavy (non-hydrogen) atoms. The Balaban J connectivity index is 2.33. The summed E-state index contributed by atoms with van der Waals surface area (Å²) in [4.78, 5) is 12.2. The molecule has 0 unspecified atom stereocenters. The molecule has 0 saturated heterocycles. The lowest BCUT2D eigenvalue weighted by Gasteiger charge is -2.14. The number of nitrogens with two attached hydrogens (primary N) is 1. The number of ether oxygens (including phenoxy) is 1. The van der Waals surface area contributed by atoms with Crippen LogP contribution in [0.4, 0.5) is 5.69 Å². The monoisotopic (exact) mass is 217 g/mol. The topological polar surface area (TPSA) is 52.3 Å². The fraction of sp³-hybridized carbons (Fsp3) is 0.308. The normalized spacial score (nSPS) is 15.2. The standard InChI is InChI=1S/C13H15NO2/c1-9-11(5-2-6-12(9)14)13(15)10-4-3-7-16-8-10/h2,5-6,8H,3-4,7,14H2,1H3. The highest BCUT2D eigenvalue weighted by Gasteiger charge is 2.17. The summed E-state index contributed by atoms with van der Waals surface area (Å²) in [6.45, 7) is 2.57. The maximum Gasteiger partial charge on any atom is 0.192 e. The Morgan fingerprint density at radius 1 is 1.44 bits per heavy atom. The summed E-state index contributed by atoms with van der Waals surface area (Å²) in [5.74, 6) is 0.0319. The molecule has 0 bridgehead atoms. The summed E-state index contributed by atoms with van der Waals surface area (Å²) in [5.41, 5.74) is 8.70. The molecule has 1 aromatic carbocycles. The van der Waals surface area contributed by atoms with E-state index in [0.717, 1.165) is 24.0 Å². The molecule has 3 nitrogen and oxygen atoms in total. The van der Waals surface area contributed by atoms with Crippen molar-refractivity contribution in [2.45, 2.75) is 19.8 Å². The third-order valence-corrected chi connectivity index (χ3v) is 2.85. The van der Waals surface area contributed by atoms with Crippen molar-refractivity contribution in [3.63, 3.8) is 0 Å². The summed E-state index contributed by atoms with van der Waals surface area (Å²) in [5, 5.41) is 0. The molecule has 84 valence electrons. The minimum atomic E-state index is 0.0319. The van der Waals surface area contributed by atoms with Gasteiger partial charge in [0.2, 0.25) is 0 Å². The highest BCUT2D eigenvalue weighted by molar-refractivity contribution is 6.10.